The molecule has 0 amide bonds. The summed E-state index contributed by atoms with van der Waals surface area (Å²) in [6.07, 6.45) is 0. The third-order valence-corrected chi connectivity index (χ3v) is 3.28. The minimum Gasteiger partial charge on any atom is -0.207 e. The summed E-state index contributed by atoms with van der Waals surface area (Å²) in [5.74, 6) is 0.243. The third kappa shape index (κ3) is 2.56. The van der Waals surface area contributed by atoms with Crippen molar-refractivity contribution in [2.75, 3.05) is 10.7 Å². The summed E-state index contributed by atoms with van der Waals surface area (Å²) in [4.78, 5) is 0. The molecule has 0 fully saturated rings. The highest BCUT2D eigenvalue weighted by Crippen LogP contribution is 2.20. The number of halogens is 3. The Labute approximate surface area is 88.4 Å². The van der Waals surface area contributed by atoms with Crippen LogP contribution in [0.15, 0.2) is 24.3 Å². The van der Waals surface area contributed by atoms with Crippen LogP contribution in [0.5, 0.6) is 0 Å². The van der Waals surface area contributed by atoms with Gasteiger partial charge in [0.25, 0.3) is 0 Å². The fourth-order valence-corrected chi connectivity index (χ4v) is 2.77. The first-order chi connectivity index (χ1) is 5.77. The molecule has 0 heterocycles. The lowest BCUT2D eigenvalue weighted by Gasteiger charge is -2.09. The standard InChI is InChI=1S/C9H9Br2F/c10-5-8(6-11)7-1-3-9(12)4-2-7/h1-4,8H,5-6H2. The first-order valence-corrected chi connectivity index (χ1v) is 5.89. The molecule has 0 N–H and O–H groups in total. The van der Waals surface area contributed by atoms with E-state index in [9.17, 15) is 4.39 Å². The molecule has 1 rings (SSSR count). The van der Waals surface area contributed by atoms with Crippen LogP contribution >= 0.6 is 31.9 Å². The fraction of sp³-hybridized carbons (Fsp3) is 0.333. The maximum absolute atomic E-state index is 12.5. The number of rotatable bonds is 3. The van der Waals surface area contributed by atoms with Crippen LogP contribution in [-0.2, 0) is 0 Å². The van der Waals surface area contributed by atoms with Crippen LogP contribution in [0.2, 0.25) is 0 Å². The molecule has 0 spiro atoms. The minimum atomic E-state index is -0.179. The first-order valence-electron chi connectivity index (χ1n) is 3.65. The minimum absolute atomic E-state index is 0.179. The predicted octanol–water partition coefficient (Wildman–Crippen LogP) is 3.70. The van der Waals surface area contributed by atoms with Gasteiger partial charge in [-0.05, 0) is 17.7 Å². The van der Waals surface area contributed by atoms with Crippen molar-refractivity contribution in [2.45, 2.75) is 5.92 Å². The fourth-order valence-electron chi connectivity index (χ4n) is 0.954. The van der Waals surface area contributed by atoms with Gasteiger partial charge >= 0.3 is 0 Å². The smallest absolute Gasteiger partial charge is 0.123 e. The maximum atomic E-state index is 12.5. The van der Waals surface area contributed by atoms with Gasteiger partial charge in [-0.15, -0.1) is 0 Å². The Kier molecular flexibility index (Phi) is 4.22. The molecule has 1 aromatic carbocycles. The molecule has 12 heavy (non-hydrogen) atoms. The Hall–Kier alpha value is 0.110. The van der Waals surface area contributed by atoms with Crippen molar-refractivity contribution in [3.05, 3.63) is 35.6 Å². The molecule has 66 valence electrons. The van der Waals surface area contributed by atoms with Crippen LogP contribution < -0.4 is 0 Å². The van der Waals surface area contributed by atoms with Gasteiger partial charge in [0.05, 0.1) is 0 Å². The molecule has 0 aliphatic rings. The SMILES string of the molecule is Fc1ccc(C(CBr)CBr)cc1. The number of benzene rings is 1. The average Bonchev–Trinajstić information content (AvgIpc) is 2.10. The summed E-state index contributed by atoms with van der Waals surface area (Å²) in [7, 11) is 0. The summed E-state index contributed by atoms with van der Waals surface area (Å²) in [6, 6.07) is 6.63. The van der Waals surface area contributed by atoms with E-state index in [0.29, 0.717) is 5.92 Å². The lowest BCUT2D eigenvalue weighted by atomic mass is 10.0. The highest BCUT2D eigenvalue weighted by molar-refractivity contribution is 9.09. The predicted molar refractivity (Wildman–Crippen MR) is 56.7 cm³/mol. The van der Waals surface area contributed by atoms with E-state index >= 15 is 0 Å². The van der Waals surface area contributed by atoms with Gasteiger partial charge in [0.2, 0.25) is 0 Å². The zero-order valence-corrected chi connectivity index (χ0v) is 9.61. The highest BCUT2D eigenvalue weighted by atomic mass is 79.9. The van der Waals surface area contributed by atoms with Gasteiger partial charge in [-0.2, -0.15) is 0 Å². The molecule has 0 aliphatic carbocycles. The van der Waals surface area contributed by atoms with Crippen molar-refractivity contribution in [1.82, 2.24) is 0 Å². The molecule has 0 saturated carbocycles. The van der Waals surface area contributed by atoms with Crippen LogP contribution in [-0.4, -0.2) is 10.7 Å². The molecule has 0 radical (unpaired) electrons. The Morgan fingerprint density at radius 2 is 1.58 bits per heavy atom. The summed E-state index contributed by atoms with van der Waals surface area (Å²) >= 11 is 6.81. The summed E-state index contributed by atoms with van der Waals surface area (Å²) in [5.41, 5.74) is 1.16. The van der Waals surface area contributed by atoms with Crippen LogP contribution in [0.3, 0.4) is 0 Å². The van der Waals surface area contributed by atoms with Gasteiger partial charge in [-0.3, -0.25) is 0 Å². The van der Waals surface area contributed by atoms with E-state index < -0.39 is 0 Å². The van der Waals surface area contributed by atoms with Crippen LogP contribution in [0.4, 0.5) is 4.39 Å². The van der Waals surface area contributed by atoms with E-state index in [1.54, 1.807) is 0 Å². The molecule has 3 heteroatoms. The van der Waals surface area contributed by atoms with E-state index in [-0.39, 0.29) is 5.82 Å². The molecule has 0 nitrogen and oxygen atoms in total. The normalized spacial score (nSPS) is 10.7. The second-order valence-electron chi connectivity index (χ2n) is 2.56. The van der Waals surface area contributed by atoms with E-state index in [2.05, 4.69) is 31.9 Å². The van der Waals surface area contributed by atoms with Gasteiger partial charge in [0.1, 0.15) is 5.82 Å². The van der Waals surface area contributed by atoms with E-state index in [4.69, 9.17) is 0 Å². The van der Waals surface area contributed by atoms with Gasteiger partial charge < -0.3 is 0 Å². The van der Waals surface area contributed by atoms with Gasteiger partial charge in [-0.25, -0.2) is 4.39 Å². The molecule has 1 aromatic rings. The molecule has 0 unspecified atom stereocenters. The summed E-state index contributed by atoms with van der Waals surface area (Å²) < 4.78 is 12.5. The zero-order chi connectivity index (χ0) is 8.97. The Morgan fingerprint density at radius 3 is 2.00 bits per heavy atom. The van der Waals surface area contributed by atoms with Crippen molar-refractivity contribution < 1.29 is 4.39 Å². The average molecular weight is 296 g/mol. The van der Waals surface area contributed by atoms with Crippen molar-refractivity contribution >= 4 is 31.9 Å². The number of hydrogen-bond donors (Lipinski definition) is 0. The molecule has 0 bridgehead atoms. The second-order valence-corrected chi connectivity index (χ2v) is 3.85. The second kappa shape index (κ2) is 4.97. The van der Waals surface area contributed by atoms with Gasteiger partial charge in [-0.1, -0.05) is 44.0 Å². The van der Waals surface area contributed by atoms with Crippen molar-refractivity contribution in [3.8, 4) is 0 Å². The Bertz CT molecular complexity index is 229. The van der Waals surface area contributed by atoms with Crippen molar-refractivity contribution in [2.24, 2.45) is 0 Å². The molecule has 0 atom stereocenters. The zero-order valence-electron chi connectivity index (χ0n) is 6.43. The van der Waals surface area contributed by atoms with Gasteiger partial charge in [0.15, 0.2) is 0 Å². The first kappa shape index (κ1) is 10.2. The lowest BCUT2D eigenvalue weighted by molar-refractivity contribution is 0.626. The molecule has 0 saturated heterocycles. The molecule has 0 aliphatic heterocycles. The molecular weight excluding hydrogens is 287 g/mol. The Balaban J connectivity index is 2.80. The van der Waals surface area contributed by atoms with Gasteiger partial charge in [0, 0.05) is 16.6 Å². The summed E-state index contributed by atoms with van der Waals surface area (Å²) in [6.45, 7) is 0. The quantitative estimate of drug-likeness (QED) is 0.746. The van der Waals surface area contributed by atoms with E-state index in [1.165, 1.54) is 12.1 Å². The maximum Gasteiger partial charge on any atom is 0.123 e. The molecular formula is C9H9Br2F. The lowest BCUT2D eigenvalue weighted by Crippen LogP contribution is -2.00. The topological polar surface area (TPSA) is 0 Å². The van der Waals surface area contributed by atoms with Crippen LogP contribution in [0.25, 0.3) is 0 Å². The van der Waals surface area contributed by atoms with Crippen molar-refractivity contribution in [3.63, 3.8) is 0 Å². The van der Waals surface area contributed by atoms with E-state index in [1.807, 2.05) is 12.1 Å². The largest absolute Gasteiger partial charge is 0.207 e. The van der Waals surface area contributed by atoms with E-state index in [0.717, 1.165) is 16.2 Å². The third-order valence-electron chi connectivity index (χ3n) is 1.71. The molecule has 0 aromatic heterocycles. The summed E-state index contributed by atoms with van der Waals surface area (Å²) in [5, 5.41) is 1.79. The monoisotopic (exact) mass is 294 g/mol. The van der Waals surface area contributed by atoms with Crippen LogP contribution in [0.1, 0.15) is 11.5 Å². The number of hydrogen-bond acceptors (Lipinski definition) is 0. The number of alkyl halides is 2. The highest BCUT2D eigenvalue weighted by Gasteiger charge is 2.07. The van der Waals surface area contributed by atoms with Crippen molar-refractivity contribution in [1.29, 1.82) is 0 Å². The Morgan fingerprint density at radius 1 is 1.08 bits per heavy atom. The van der Waals surface area contributed by atoms with Crippen LogP contribution in [0, 0.1) is 5.82 Å².